The van der Waals surface area contributed by atoms with Gasteiger partial charge in [-0.3, -0.25) is 0 Å². The first kappa shape index (κ1) is 16.5. The topological polar surface area (TPSA) is 55.4 Å². The average Bonchev–Trinajstić information content (AvgIpc) is 2.53. The lowest BCUT2D eigenvalue weighted by Crippen LogP contribution is -2.25. The van der Waals surface area contributed by atoms with Gasteiger partial charge in [-0.1, -0.05) is 30.3 Å². The Morgan fingerprint density at radius 2 is 1.68 bits per heavy atom. The van der Waals surface area contributed by atoms with Crippen LogP contribution in [0.2, 0.25) is 0 Å². The molecule has 1 N–H and O–H groups in total. The van der Waals surface area contributed by atoms with Crippen molar-refractivity contribution < 1.29 is 13.2 Å². The van der Waals surface area contributed by atoms with E-state index in [9.17, 15) is 8.42 Å². The number of hydrogen-bond acceptors (Lipinski definition) is 3. The third kappa shape index (κ3) is 4.86. The van der Waals surface area contributed by atoms with Crippen molar-refractivity contribution in [1.29, 1.82) is 0 Å². The van der Waals surface area contributed by atoms with Gasteiger partial charge in [-0.15, -0.1) is 0 Å². The fourth-order valence-corrected chi connectivity index (χ4v) is 3.18. The van der Waals surface area contributed by atoms with Crippen molar-refractivity contribution in [2.75, 3.05) is 13.2 Å². The van der Waals surface area contributed by atoms with E-state index in [-0.39, 0.29) is 4.90 Å². The molecule has 0 unspecified atom stereocenters. The van der Waals surface area contributed by atoms with Gasteiger partial charge in [-0.25, -0.2) is 13.1 Å². The zero-order valence-electron chi connectivity index (χ0n) is 12.7. The van der Waals surface area contributed by atoms with Crippen LogP contribution in [0.5, 0.6) is 5.75 Å². The number of ether oxygens (including phenoxy) is 1. The summed E-state index contributed by atoms with van der Waals surface area (Å²) in [6.07, 6.45) is 1.62. The number of nitrogens with one attached hydrogen (secondary N) is 1. The molecule has 0 saturated heterocycles. The van der Waals surface area contributed by atoms with Crippen molar-refractivity contribution >= 4 is 10.0 Å². The fourth-order valence-electron chi connectivity index (χ4n) is 2.11. The molecule has 0 heterocycles. The maximum Gasteiger partial charge on any atom is 0.240 e. The Bertz CT molecular complexity index is 667. The number of benzene rings is 2. The zero-order chi connectivity index (χ0) is 15.8. The second-order valence-electron chi connectivity index (χ2n) is 4.89. The highest BCUT2D eigenvalue weighted by atomic mass is 32.2. The molecule has 0 spiro atoms. The molecule has 0 aliphatic carbocycles. The number of hydrogen-bond donors (Lipinski definition) is 1. The summed E-state index contributed by atoms with van der Waals surface area (Å²) in [5, 5.41) is 0. The molecule has 0 aliphatic heterocycles. The molecule has 22 heavy (non-hydrogen) atoms. The molecule has 2 rings (SSSR count). The van der Waals surface area contributed by atoms with Crippen LogP contribution in [0.25, 0.3) is 0 Å². The summed E-state index contributed by atoms with van der Waals surface area (Å²) >= 11 is 0. The zero-order valence-corrected chi connectivity index (χ0v) is 13.5. The Morgan fingerprint density at radius 3 is 2.32 bits per heavy atom. The van der Waals surface area contributed by atoms with Crippen molar-refractivity contribution in [2.24, 2.45) is 0 Å². The van der Waals surface area contributed by atoms with Gasteiger partial charge in [-0.2, -0.15) is 0 Å². The predicted molar refractivity (Wildman–Crippen MR) is 87.6 cm³/mol. The van der Waals surface area contributed by atoms with Crippen LogP contribution in [0.4, 0.5) is 0 Å². The summed E-state index contributed by atoms with van der Waals surface area (Å²) < 4.78 is 32.3. The first-order valence-electron chi connectivity index (χ1n) is 7.38. The summed E-state index contributed by atoms with van der Waals surface area (Å²) in [5.41, 5.74) is 1.21. The van der Waals surface area contributed by atoms with Crippen LogP contribution in [0, 0.1) is 0 Å². The van der Waals surface area contributed by atoms with E-state index < -0.39 is 10.0 Å². The number of sulfonamides is 1. The molecular formula is C17H21NO3S. The van der Waals surface area contributed by atoms with Crippen molar-refractivity contribution in [1.82, 2.24) is 4.72 Å². The van der Waals surface area contributed by atoms with Crippen molar-refractivity contribution in [3.05, 3.63) is 60.2 Å². The molecule has 0 radical (unpaired) electrons. The van der Waals surface area contributed by atoms with Gasteiger partial charge in [0.05, 0.1) is 11.5 Å². The molecule has 0 fully saturated rings. The second kappa shape index (κ2) is 7.96. The molecular weight excluding hydrogens is 298 g/mol. The lowest BCUT2D eigenvalue weighted by molar-refractivity contribution is 0.340. The highest BCUT2D eigenvalue weighted by molar-refractivity contribution is 7.89. The van der Waals surface area contributed by atoms with Gasteiger partial charge in [0.15, 0.2) is 0 Å². The highest BCUT2D eigenvalue weighted by Crippen LogP contribution is 2.15. The van der Waals surface area contributed by atoms with Gasteiger partial charge in [-0.05, 0) is 49.6 Å². The Morgan fingerprint density at radius 1 is 1.00 bits per heavy atom. The van der Waals surface area contributed by atoms with Gasteiger partial charge in [0.2, 0.25) is 10.0 Å². The van der Waals surface area contributed by atoms with Crippen molar-refractivity contribution in [3.63, 3.8) is 0 Å². The van der Waals surface area contributed by atoms with E-state index in [4.69, 9.17) is 4.74 Å². The summed E-state index contributed by atoms with van der Waals surface area (Å²) in [6.45, 7) is 2.87. The van der Waals surface area contributed by atoms with Crippen LogP contribution in [0.3, 0.4) is 0 Å². The maximum atomic E-state index is 12.2. The van der Waals surface area contributed by atoms with Crippen LogP contribution < -0.4 is 9.46 Å². The standard InChI is InChI=1S/C17H21NO3S/c1-2-21-16-10-12-17(13-11-16)22(19,20)18-14-6-9-15-7-4-3-5-8-15/h3-5,7-8,10-13,18H,2,6,9,14H2,1H3. The van der Waals surface area contributed by atoms with Crippen LogP contribution >= 0.6 is 0 Å². The molecule has 0 atom stereocenters. The summed E-state index contributed by atoms with van der Waals surface area (Å²) in [7, 11) is -3.45. The van der Waals surface area contributed by atoms with Gasteiger partial charge in [0.1, 0.15) is 5.75 Å². The largest absolute Gasteiger partial charge is 0.494 e. The molecule has 118 valence electrons. The SMILES string of the molecule is CCOc1ccc(S(=O)(=O)NCCCc2ccccc2)cc1. The normalized spacial score (nSPS) is 11.3. The lowest BCUT2D eigenvalue weighted by atomic mass is 10.1. The van der Waals surface area contributed by atoms with E-state index in [2.05, 4.69) is 4.72 Å². The number of rotatable bonds is 8. The quantitative estimate of drug-likeness (QED) is 0.761. The third-order valence-electron chi connectivity index (χ3n) is 3.22. The minimum Gasteiger partial charge on any atom is -0.494 e. The molecule has 0 bridgehead atoms. The molecule has 0 aliphatic rings. The minimum absolute atomic E-state index is 0.260. The van der Waals surface area contributed by atoms with Crippen LogP contribution in [-0.4, -0.2) is 21.6 Å². The van der Waals surface area contributed by atoms with Gasteiger partial charge in [0.25, 0.3) is 0 Å². The Labute approximate surface area is 132 Å². The molecule has 4 nitrogen and oxygen atoms in total. The molecule has 5 heteroatoms. The first-order chi connectivity index (χ1) is 10.6. The highest BCUT2D eigenvalue weighted by Gasteiger charge is 2.13. The summed E-state index contributed by atoms with van der Waals surface area (Å²) in [6, 6.07) is 16.5. The average molecular weight is 319 g/mol. The molecule has 0 saturated carbocycles. The van der Waals surface area contributed by atoms with Crippen LogP contribution in [0.1, 0.15) is 18.9 Å². The molecule has 2 aromatic carbocycles. The van der Waals surface area contributed by atoms with E-state index in [1.807, 2.05) is 37.3 Å². The maximum absolute atomic E-state index is 12.2. The van der Waals surface area contributed by atoms with E-state index in [0.29, 0.717) is 18.9 Å². The monoisotopic (exact) mass is 319 g/mol. The number of aryl methyl sites for hydroxylation is 1. The predicted octanol–water partition coefficient (Wildman–Crippen LogP) is 3.00. The van der Waals surface area contributed by atoms with E-state index >= 15 is 0 Å². The second-order valence-corrected chi connectivity index (χ2v) is 6.66. The van der Waals surface area contributed by atoms with Gasteiger partial charge < -0.3 is 4.74 Å². The molecule has 0 amide bonds. The van der Waals surface area contributed by atoms with E-state index in [1.54, 1.807) is 24.3 Å². The Hall–Kier alpha value is -1.85. The van der Waals surface area contributed by atoms with Crippen molar-refractivity contribution in [3.8, 4) is 5.75 Å². The third-order valence-corrected chi connectivity index (χ3v) is 4.70. The van der Waals surface area contributed by atoms with E-state index in [1.165, 1.54) is 5.56 Å². The molecule has 2 aromatic rings. The van der Waals surface area contributed by atoms with Crippen LogP contribution in [-0.2, 0) is 16.4 Å². The van der Waals surface area contributed by atoms with Crippen molar-refractivity contribution in [2.45, 2.75) is 24.7 Å². The van der Waals surface area contributed by atoms with Crippen LogP contribution in [0.15, 0.2) is 59.5 Å². The van der Waals surface area contributed by atoms with Gasteiger partial charge >= 0.3 is 0 Å². The molecule has 0 aromatic heterocycles. The lowest BCUT2D eigenvalue weighted by Gasteiger charge is -2.08. The Kier molecular flexibility index (Phi) is 5.98. The minimum atomic E-state index is -3.45. The summed E-state index contributed by atoms with van der Waals surface area (Å²) in [4.78, 5) is 0.260. The summed E-state index contributed by atoms with van der Waals surface area (Å²) in [5.74, 6) is 0.672. The Balaban J connectivity index is 1.85. The van der Waals surface area contributed by atoms with E-state index in [0.717, 1.165) is 12.8 Å². The fraction of sp³-hybridized carbons (Fsp3) is 0.294. The van der Waals surface area contributed by atoms with Gasteiger partial charge in [0, 0.05) is 6.54 Å². The first-order valence-corrected chi connectivity index (χ1v) is 8.86. The smallest absolute Gasteiger partial charge is 0.240 e.